The fourth-order valence-electron chi connectivity index (χ4n) is 4.47. The van der Waals surface area contributed by atoms with Gasteiger partial charge in [0, 0.05) is 34.6 Å². The number of halogens is 1. The Morgan fingerprint density at radius 2 is 1.96 bits per heavy atom. The second-order valence-electron chi connectivity index (χ2n) is 7.27. The van der Waals surface area contributed by atoms with E-state index < -0.39 is 0 Å². The highest BCUT2D eigenvalue weighted by Crippen LogP contribution is 2.47. The van der Waals surface area contributed by atoms with Crippen LogP contribution in [0.5, 0.6) is 11.5 Å². The van der Waals surface area contributed by atoms with Crippen molar-refractivity contribution in [2.24, 2.45) is 0 Å². The van der Waals surface area contributed by atoms with Gasteiger partial charge in [0.2, 0.25) is 5.91 Å². The molecular formula is C20H24ClN3O3. The van der Waals surface area contributed by atoms with Crippen molar-refractivity contribution in [2.45, 2.75) is 51.0 Å². The first-order chi connectivity index (χ1) is 13.0. The number of aromatic nitrogens is 2. The molecule has 1 N–H and O–H groups in total. The van der Waals surface area contributed by atoms with Crippen LogP contribution in [0.15, 0.2) is 12.1 Å². The molecule has 4 rings (SSSR count). The SMILES string of the molecule is COc1cc(Cl)cc(C2CC(=O)Nc3c2c(C)nn3C2CCCC2)c1OC. The fourth-order valence-corrected chi connectivity index (χ4v) is 4.69. The Morgan fingerprint density at radius 3 is 2.63 bits per heavy atom. The zero-order chi connectivity index (χ0) is 19.1. The third-order valence-corrected chi connectivity index (χ3v) is 5.86. The normalized spacial score (nSPS) is 19.7. The lowest BCUT2D eigenvalue weighted by Gasteiger charge is -2.27. The van der Waals surface area contributed by atoms with Crippen molar-refractivity contribution in [1.82, 2.24) is 9.78 Å². The molecular weight excluding hydrogens is 366 g/mol. The summed E-state index contributed by atoms with van der Waals surface area (Å²) in [6.07, 6.45) is 4.93. The van der Waals surface area contributed by atoms with E-state index in [2.05, 4.69) is 5.32 Å². The molecule has 0 saturated heterocycles. The second-order valence-corrected chi connectivity index (χ2v) is 7.70. The van der Waals surface area contributed by atoms with Crippen LogP contribution in [0, 0.1) is 6.92 Å². The number of aryl methyl sites for hydroxylation is 1. The molecule has 0 bridgehead atoms. The molecule has 1 amide bonds. The van der Waals surface area contributed by atoms with Crippen molar-refractivity contribution in [1.29, 1.82) is 0 Å². The zero-order valence-corrected chi connectivity index (χ0v) is 16.6. The first-order valence-electron chi connectivity index (χ1n) is 9.33. The predicted molar refractivity (Wildman–Crippen MR) is 104 cm³/mol. The van der Waals surface area contributed by atoms with Crippen molar-refractivity contribution in [2.75, 3.05) is 19.5 Å². The van der Waals surface area contributed by atoms with E-state index in [0.717, 1.165) is 35.5 Å². The van der Waals surface area contributed by atoms with Crippen molar-refractivity contribution >= 4 is 23.3 Å². The van der Waals surface area contributed by atoms with Gasteiger partial charge in [-0.2, -0.15) is 5.10 Å². The Bertz CT molecular complexity index is 887. The van der Waals surface area contributed by atoms with Crippen LogP contribution >= 0.6 is 11.6 Å². The molecule has 1 fully saturated rings. The maximum Gasteiger partial charge on any atom is 0.226 e. The number of nitrogens with zero attached hydrogens (tertiary/aromatic N) is 2. The van der Waals surface area contributed by atoms with E-state index >= 15 is 0 Å². The number of hydrogen-bond donors (Lipinski definition) is 1. The number of ether oxygens (including phenoxy) is 2. The third kappa shape index (κ3) is 3.06. The Hall–Kier alpha value is -2.21. The van der Waals surface area contributed by atoms with Crippen molar-refractivity contribution in [3.05, 3.63) is 34.0 Å². The van der Waals surface area contributed by atoms with Crippen molar-refractivity contribution < 1.29 is 14.3 Å². The standard InChI is InChI=1S/C20H24ClN3O3/c1-11-18-14(15-8-12(21)9-16(26-2)19(15)27-3)10-17(25)22-20(18)24(23-11)13-6-4-5-7-13/h8-9,13-14H,4-7,10H2,1-3H3,(H,22,25). The average Bonchev–Trinajstić information content (AvgIpc) is 3.28. The summed E-state index contributed by atoms with van der Waals surface area (Å²) in [6, 6.07) is 3.94. The first kappa shape index (κ1) is 18.2. The van der Waals surface area contributed by atoms with E-state index in [1.54, 1.807) is 20.3 Å². The van der Waals surface area contributed by atoms with E-state index in [4.69, 9.17) is 26.2 Å². The summed E-state index contributed by atoms with van der Waals surface area (Å²) < 4.78 is 13.1. The number of nitrogens with one attached hydrogen (secondary N) is 1. The summed E-state index contributed by atoms with van der Waals surface area (Å²) >= 11 is 6.33. The van der Waals surface area contributed by atoms with E-state index in [1.807, 2.05) is 17.7 Å². The Kier molecular flexibility index (Phi) is 4.76. The van der Waals surface area contributed by atoms with Crippen LogP contribution in [0.2, 0.25) is 5.02 Å². The predicted octanol–water partition coefficient (Wildman–Crippen LogP) is 4.45. The monoisotopic (exact) mass is 389 g/mol. The average molecular weight is 390 g/mol. The molecule has 1 aromatic carbocycles. The van der Waals surface area contributed by atoms with Crippen LogP contribution in [0.25, 0.3) is 0 Å². The quantitative estimate of drug-likeness (QED) is 0.838. The number of anilines is 1. The molecule has 6 nitrogen and oxygen atoms in total. The number of carbonyl (C=O) groups is 1. The lowest BCUT2D eigenvalue weighted by Crippen LogP contribution is -2.26. The van der Waals surface area contributed by atoms with Gasteiger partial charge in [-0.25, -0.2) is 4.68 Å². The Labute approximate surface area is 163 Å². The summed E-state index contributed by atoms with van der Waals surface area (Å²) in [7, 11) is 3.19. The smallest absolute Gasteiger partial charge is 0.226 e. The summed E-state index contributed by atoms with van der Waals surface area (Å²) in [4.78, 5) is 12.6. The number of carbonyl (C=O) groups excluding carboxylic acids is 1. The van der Waals surface area contributed by atoms with Gasteiger partial charge in [0.15, 0.2) is 11.5 Å². The summed E-state index contributed by atoms with van der Waals surface area (Å²) in [5.41, 5.74) is 2.83. The third-order valence-electron chi connectivity index (χ3n) is 5.65. The molecule has 0 spiro atoms. The van der Waals surface area contributed by atoms with E-state index in [0.29, 0.717) is 29.0 Å². The molecule has 1 saturated carbocycles. The van der Waals surface area contributed by atoms with Gasteiger partial charge in [0.25, 0.3) is 0 Å². The summed E-state index contributed by atoms with van der Waals surface area (Å²) in [5, 5.41) is 8.42. The lowest BCUT2D eigenvalue weighted by molar-refractivity contribution is -0.116. The van der Waals surface area contributed by atoms with Crippen molar-refractivity contribution in [3.8, 4) is 11.5 Å². The number of hydrogen-bond acceptors (Lipinski definition) is 4. The maximum atomic E-state index is 12.6. The highest BCUT2D eigenvalue weighted by Gasteiger charge is 2.36. The number of fused-ring (bicyclic) bond motifs is 1. The molecule has 144 valence electrons. The van der Waals surface area contributed by atoms with E-state index in [1.165, 1.54) is 12.8 Å². The van der Waals surface area contributed by atoms with Gasteiger partial charge in [-0.3, -0.25) is 4.79 Å². The lowest BCUT2D eigenvalue weighted by atomic mass is 9.85. The van der Waals surface area contributed by atoms with E-state index in [-0.39, 0.29) is 11.8 Å². The molecule has 2 aliphatic rings. The Balaban J connectivity index is 1.88. The van der Waals surface area contributed by atoms with Gasteiger partial charge in [-0.15, -0.1) is 0 Å². The first-order valence-corrected chi connectivity index (χ1v) is 9.71. The molecule has 1 aromatic heterocycles. The van der Waals surface area contributed by atoms with Crippen LogP contribution in [-0.4, -0.2) is 29.9 Å². The van der Waals surface area contributed by atoms with Crippen molar-refractivity contribution in [3.63, 3.8) is 0 Å². The van der Waals surface area contributed by atoms with Gasteiger partial charge in [-0.1, -0.05) is 24.4 Å². The second kappa shape index (κ2) is 7.08. The molecule has 1 unspecified atom stereocenters. The molecule has 0 radical (unpaired) electrons. The minimum Gasteiger partial charge on any atom is -0.493 e. The molecule has 7 heteroatoms. The maximum absolute atomic E-state index is 12.6. The van der Waals surface area contributed by atoms with Gasteiger partial charge < -0.3 is 14.8 Å². The zero-order valence-electron chi connectivity index (χ0n) is 15.8. The van der Waals surface area contributed by atoms with Crippen LogP contribution in [0.1, 0.15) is 60.9 Å². The number of amides is 1. The highest BCUT2D eigenvalue weighted by atomic mass is 35.5. The minimum atomic E-state index is -0.175. The Morgan fingerprint density at radius 1 is 1.22 bits per heavy atom. The van der Waals surface area contributed by atoms with Gasteiger partial charge in [0.05, 0.1) is 26.0 Å². The molecule has 1 aliphatic carbocycles. The van der Waals surface area contributed by atoms with Gasteiger partial charge in [-0.05, 0) is 25.8 Å². The number of benzene rings is 1. The van der Waals surface area contributed by atoms with Gasteiger partial charge in [0.1, 0.15) is 5.82 Å². The minimum absolute atomic E-state index is 0.0207. The van der Waals surface area contributed by atoms with Crippen LogP contribution < -0.4 is 14.8 Å². The topological polar surface area (TPSA) is 65.4 Å². The number of rotatable bonds is 4. The highest BCUT2D eigenvalue weighted by molar-refractivity contribution is 6.30. The van der Waals surface area contributed by atoms with Crippen LogP contribution in [-0.2, 0) is 4.79 Å². The largest absolute Gasteiger partial charge is 0.493 e. The molecule has 2 heterocycles. The van der Waals surface area contributed by atoms with Gasteiger partial charge >= 0.3 is 0 Å². The van der Waals surface area contributed by atoms with E-state index in [9.17, 15) is 4.79 Å². The summed E-state index contributed by atoms with van der Waals surface area (Å²) in [5.74, 6) is 1.80. The van der Waals surface area contributed by atoms with Crippen LogP contribution in [0.3, 0.4) is 0 Å². The molecule has 27 heavy (non-hydrogen) atoms. The summed E-state index contributed by atoms with van der Waals surface area (Å²) in [6.45, 7) is 2.00. The fraction of sp³-hybridized carbons (Fsp3) is 0.500. The molecule has 1 aliphatic heterocycles. The van der Waals surface area contributed by atoms with Crippen LogP contribution in [0.4, 0.5) is 5.82 Å². The number of methoxy groups -OCH3 is 2. The molecule has 2 aromatic rings. The molecule has 1 atom stereocenters.